The van der Waals surface area contributed by atoms with Crippen molar-refractivity contribution in [3.8, 4) is 16.3 Å². The average Bonchev–Trinajstić information content (AvgIpc) is 2.87. The van der Waals surface area contributed by atoms with Crippen molar-refractivity contribution < 1.29 is 14.4 Å². The van der Waals surface area contributed by atoms with Crippen LogP contribution in [0.2, 0.25) is 0 Å². The minimum absolute atomic E-state index is 0.186. The number of benzene rings is 2. The van der Waals surface area contributed by atoms with Crippen LogP contribution < -0.4 is 0 Å². The van der Waals surface area contributed by atoms with Gasteiger partial charge in [0.2, 0.25) is 4.88 Å². The van der Waals surface area contributed by atoms with Gasteiger partial charge in [0.25, 0.3) is 5.88 Å². The van der Waals surface area contributed by atoms with Gasteiger partial charge in [0.05, 0.1) is 17.0 Å². The minimum atomic E-state index is -1.54. The van der Waals surface area contributed by atoms with Crippen molar-refractivity contribution in [3.05, 3.63) is 70.2 Å². The molecule has 0 saturated heterocycles. The van der Waals surface area contributed by atoms with Crippen LogP contribution in [0.4, 0.5) is 0 Å². The summed E-state index contributed by atoms with van der Waals surface area (Å²) in [4.78, 5) is 0.505. The lowest BCUT2D eigenvalue weighted by Gasteiger charge is -2.16. The third-order valence-corrected chi connectivity index (χ3v) is 5.09. The Labute approximate surface area is 145 Å². The fraction of sp³-hybridized carbons (Fsp3) is 0.118. The average molecular weight is 392 g/mol. The fourth-order valence-electron chi connectivity index (χ4n) is 2.47. The van der Waals surface area contributed by atoms with Gasteiger partial charge >= 0.3 is 0 Å². The minimum Gasteiger partial charge on any atom is -0.568 e. The van der Waals surface area contributed by atoms with Gasteiger partial charge in [-0.25, -0.2) is 0 Å². The van der Waals surface area contributed by atoms with Crippen molar-refractivity contribution >= 4 is 26.9 Å². The van der Waals surface area contributed by atoms with Crippen molar-refractivity contribution in [2.24, 2.45) is 0 Å². The summed E-state index contributed by atoms with van der Waals surface area (Å²) in [5.41, 5.74) is 2.80. The van der Waals surface area contributed by atoms with Crippen LogP contribution in [0.25, 0.3) is 10.4 Å². The highest BCUT2D eigenvalue weighted by Crippen LogP contribution is 2.35. The van der Waals surface area contributed by atoms with Gasteiger partial charge in [-0.15, -0.1) is 0 Å². The second-order valence-electron chi connectivity index (χ2n) is 5.00. The molecule has 0 radical (unpaired) electrons. The molecular weight excluding hydrogens is 378 g/mol. The Kier molecular flexibility index (Phi) is 4.77. The molecule has 1 N–H and O–H groups in total. The lowest BCUT2D eigenvalue weighted by Crippen LogP contribution is -2.03. The maximum absolute atomic E-state index is 11.8. The third-order valence-electron chi connectivity index (χ3n) is 3.51. The van der Waals surface area contributed by atoms with Crippen LogP contribution in [0, 0.1) is 0 Å². The van der Waals surface area contributed by atoms with Crippen molar-refractivity contribution in [2.45, 2.75) is 6.10 Å². The summed E-state index contributed by atoms with van der Waals surface area (Å²) in [7, 11) is 0.128. The number of nitrogens with zero attached hydrogens (tertiary/aromatic N) is 1. The second-order valence-corrected chi connectivity index (χ2v) is 7.04. The molecule has 6 heteroatoms. The predicted octanol–water partition coefficient (Wildman–Crippen LogP) is 4.68. The molecule has 0 aliphatic heterocycles. The van der Waals surface area contributed by atoms with E-state index in [0.29, 0.717) is 4.88 Å². The molecule has 2 unspecified atom stereocenters. The molecule has 0 spiro atoms. The van der Waals surface area contributed by atoms with Crippen LogP contribution in [0.15, 0.2) is 59.1 Å². The Hall–Kier alpha value is -1.73. The topological polar surface area (TPSA) is 65.4 Å². The first-order valence-corrected chi connectivity index (χ1v) is 8.78. The third kappa shape index (κ3) is 3.45. The van der Waals surface area contributed by atoms with Crippen LogP contribution >= 0.6 is 26.9 Å². The van der Waals surface area contributed by atoms with Crippen molar-refractivity contribution in [2.75, 3.05) is 7.11 Å². The van der Waals surface area contributed by atoms with Crippen LogP contribution in [-0.4, -0.2) is 21.1 Å². The monoisotopic (exact) mass is 391 g/mol. The SMILES string of the molecule is COC(c1ccc(-c2cc(O)n[s+]2[O-])cc1)c1cccc(Br)c1. The maximum atomic E-state index is 11.8. The molecule has 0 fully saturated rings. The summed E-state index contributed by atoms with van der Waals surface area (Å²) in [6, 6.07) is 17.0. The molecule has 1 heterocycles. The molecule has 1 aromatic heterocycles. The molecule has 4 nitrogen and oxygen atoms in total. The first-order chi connectivity index (χ1) is 11.1. The zero-order valence-electron chi connectivity index (χ0n) is 12.3. The number of halogens is 1. The maximum Gasteiger partial charge on any atom is 0.270 e. The number of rotatable bonds is 4. The van der Waals surface area contributed by atoms with E-state index in [1.54, 1.807) is 7.11 Å². The number of aromatic nitrogens is 1. The van der Waals surface area contributed by atoms with E-state index in [1.165, 1.54) is 6.07 Å². The van der Waals surface area contributed by atoms with E-state index in [2.05, 4.69) is 20.3 Å². The van der Waals surface area contributed by atoms with E-state index >= 15 is 0 Å². The molecule has 0 aliphatic rings. The Morgan fingerprint density at radius 3 is 2.43 bits per heavy atom. The fourth-order valence-corrected chi connectivity index (χ4v) is 3.75. The number of hydrogen-bond acceptors (Lipinski definition) is 4. The molecule has 3 rings (SSSR count). The molecular formula is C17H14BrNO3S. The van der Waals surface area contributed by atoms with Crippen LogP contribution in [0.3, 0.4) is 0 Å². The molecule has 0 saturated carbocycles. The van der Waals surface area contributed by atoms with Crippen molar-refractivity contribution in [1.82, 2.24) is 4.37 Å². The lowest BCUT2D eigenvalue weighted by molar-refractivity contribution is 0.136. The highest BCUT2D eigenvalue weighted by molar-refractivity contribution is 9.10. The van der Waals surface area contributed by atoms with E-state index in [1.807, 2.05) is 48.5 Å². The Balaban J connectivity index is 1.93. The summed E-state index contributed by atoms with van der Waals surface area (Å²) in [6.45, 7) is 0. The Bertz CT molecular complexity index is 817. The van der Waals surface area contributed by atoms with Crippen molar-refractivity contribution in [1.29, 1.82) is 0 Å². The summed E-state index contributed by atoms with van der Waals surface area (Å²) < 4.78 is 22.0. The highest BCUT2D eigenvalue weighted by atomic mass is 79.9. The predicted molar refractivity (Wildman–Crippen MR) is 93.0 cm³/mol. The second kappa shape index (κ2) is 6.80. The first-order valence-electron chi connectivity index (χ1n) is 6.88. The summed E-state index contributed by atoms with van der Waals surface area (Å²) in [6.07, 6.45) is -0.186. The van der Waals surface area contributed by atoms with Gasteiger partial charge in [-0.2, -0.15) is 0 Å². The van der Waals surface area contributed by atoms with E-state index in [4.69, 9.17) is 4.74 Å². The standard InChI is InChI=1S/C17H14BrNO3S/c1-22-17(13-3-2-4-14(18)9-13)12-7-5-11(6-8-12)15-10-16(20)19-23(15)21/h2-10,17H,1H3,(H,19,20). The van der Waals surface area contributed by atoms with E-state index in [9.17, 15) is 9.66 Å². The molecule has 0 amide bonds. The smallest absolute Gasteiger partial charge is 0.270 e. The van der Waals surface area contributed by atoms with E-state index in [-0.39, 0.29) is 12.0 Å². The zero-order valence-corrected chi connectivity index (χ0v) is 14.7. The normalized spacial score (nSPS) is 13.1. The van der Waals surface area contributed by atoms with Gasteiger partial charge in [-0.3, -0.25) is 0 Å². The number of hydrogen-bond donors (Lipinski definition) is 1. The lowest BCUT2D eigenvalue weighted by atomic mass is 10.00. The molecule has 118 valence electrons. The van der Waals surface area contributed by atoms with E-state index < -0.39 is 10.9 Å². The van der Waals surface area contributed by atoms with Crippen LogP contribution in [0.5, 0.6) is 5.88 Å². The van der Waals surface area contributed by atoms with Crippen molar-refractivity contribution in [3.63, 3.8) is 0 Å². The summed E-state index contributed by atoms with van der Waals surface area (Å²) in [5.74, 6) is -0.202. The van der Waals surface area contributed by atoms with Gasteiger partial charge in [-0.05, 0) is 35.4 Å². The van der Waals surface area contributed by atoms with Gasteiger partial charge in [0.15, 0.2) is 0 Å². The first kappa shape index (κ1) is 16.1. The van der Waals surface area contributed by atoms with Crippen LogP contribution in [0.1, 0.15) is 17.2 Å². The molecule has 2 atom stereocenters. The summed E-state index contributed by atoms with van der Waals surface area (Å²) >= 11 is 3.47. The van der Waals surface area contributed by atoms with Crippen LogP contribution in [-0.2, 0) is 4.74 Å². The number of aromatic hydroxyl groups is 1. The van der Waals surface area contributed by atoms with Gasteiger partial charge in [0.1, 0.15) is 6.10 Å². The zero-order chi connectivity index (χ0) is 16.4. The highest BCUT2D eigenvalue weighted by Gasteiger charge is 2.17. The van der Waals surface area contributed by atoms with Gasteiger partial charge in [-0.1, -0.05) is 40.2 Å². The van der Waals surface area contributed by atoms with E-state index in [0.717, 1.165) is 21.2 Å². The molecule has 23 heavy (non-hydrogen) atoms. The molecule has 0 aliphatic carbocycles. The Morgan fingerprint density at radius 2 is 1.87 bits per heavy atom. The quantitative estimate of drug-likeness (QED) is 0.655. The van der Waals surface area contributed by atoms with Gasteiger partial charge < -0.3 is 14.4 Å². The largest absolute Gasteiger partial charge is 0.568 e. The molecule has 2 aromatic carbocycles. The Morgan fingerprint density at radius 1 is 1.13 bits per heavy atom. The summed E-state index contributed by atoms with van der Waals surface area (Å²) in [5, 5.41) is 9.34. The van der Waals surface area contributed by atoms with Gasteiger partial charge in [0, 0.05) is 21.5 Å². The molecule has 3 aromatic rings. The number of ether oxygens (including phenoxy) is 1. The molecule has 0 bridgehead atoms. The number of methoxy groups -OCH3 is 1.